The van der Waals surface area contributed by atoms with Crippen molar-refractivity contribution >= 4 is 28.1 Å². The van der Waals surface area contributed by atoms with Gasteiger partial charge in [-0.25, -0.2) is 4.98 Å². The van der Waals surface area contributed by atoms with Crippen LogP contribution < -0.4 is 0 Å². The van der Waals surface area contributed by atoms with E-state index < -0.39 is 0 Å². The summed E-state index contributed by atoms with van der Waals surface area (Å²) in [5.74, 6) is 0. The first-order valence-corrected chi connectivity index (χ1v) is 5.28. The Morgan fingerprint density at radius 1 is 1.21 bits per heavy atom. The van der Waals surface area contributed by atoms with E-state index in [4.69, 9.17) is 12.2 Å². The van der Waals surface area contributed by atoms with Gasteiger partial charge < -0.3 is 4.98 Å². The molecular formula is C10H7BrN2S. The molecule has 0 fully saturated rings. The number of aromatic nitrogens is 2. The summed E-state index contributed by atoms with van der Waals surface area (Å²) < 4.78 is 1.41. The average Bonchev–Trinajstić information content (AvgIpc) is 2.23. The Bertz CT molecular complexity index is 493. The van der Waals surface area contributed by atoms with Gasteiger partial charge in [0.05, 0.1) is 16.5 Å². The van der Waals surface area contributed by atoms with E-state index in [1.807, 2.05) is 30.3 Å². The van der Waals surface area contributed by atoms with Crippen molar-refractivity contribution < 1.29 is 0 Å². The van der Waals surface area contributed by atoms with Crippen molar-refractivity contribution in [3.63, 3.8) is 0 Å². The standard InChI is InChI=1S/C10H7BrN2S/c11-8-9(12-6-13-10(8)14)7-4-2-1-3-5-7/h1-6H,(H,12,13,14). The van der Waals surface area contributed by atoms with Crippen LogP contribution in [-0.2, 0) is 0 Å². The van der Waals surface area contributed by atoms with Crippen molar-refractivity contribution in [1.82, 2.24) is 9.97 Å². The summed E-state index contributed by atoms with van der Waals surface area (Å²) in [5, 5.41) is 0. The van der Waals surface area contributed by atoms with Crippen LogP contribution in [0.3, 0.4) is 0 Å². The van der Waals surface area contributed by atoms with E-state index in [0.717, 1.165) is 15.7 Å². The molecule has 2 nitrogen and oxygen atoms in total. The molecular weight excluding hydrogens is 260 g/mol. The van der Waals surface area contributed by atoms with Crippen molar-refractivity contribution in [1.29, 1.82) is 0 Å². The van der Waals surface area contributed by atoms with Gasteiger partial charge >= 0.3 is 0 Å². The normalized spacial score (nSPS) is 10.1. The van der Waals surface area contributed by atoms with Gasteiger partial charge in [-0.3, -0.25) is 0 Å². The molecule has 1 aromatic heterocycles. The smallest absolute Gasteiger partial charge is 0.144 e. The molecule has 70 valence electrons. The SMILES string of the molecule is S=c1nc[nH]c(-c2ccccc2)c1Br. The van der Waals surface area contributed by atoms with E-state index in [1.165, 1.54) is 0 Å². The summed E-state index contributed by atoms with van der Waals surface area (Å²) in [7, 11) is 0. The van der Waals surface area contributed by atoms with Gasteiger partial charge in [0.25, 0.3) is 0 Å². The van der Waals surface area contributed by atoms with Gasteiger partial charge in [-0.15, -0.1) is 0 Å². The van der Waals surface area contributed by atoms with Gasteiger partial charge in [0, 0.05) is 0 Å². The third-order valence-electron chi connectivity index (χ3n) is 1.86. The van der Waals surface area contributed by atoms with E-state index in [-0.39, 0.29) is 0 Å². The summed E-state index contributed by atoms with van der Waals surface area (Å²) in [5.41, 5.74) is 2.05. The number of H-pyrrole nitrogens is 1. The lowest BCUT2D eigenvalue weighted by atomic mass is 10.1. The maximum absolute atomic E-state index is 5.06. The lowest BCUT2D eigenvalue weighted by Crippen LogP contribution is -1.87. The summed E-state index contributed by atoms with van der Waals surface area (Å²) in [4.78, 5) is 7.05. The minimum atomic E-state index is 0.572. The van der Waals surface area contributed by atoms with E-state index in [0.29, 0.717) is 4.64 Å². The Morgan fingerprint density at radius 2 is 1.93 bits per heavy atom. The van der Waals surface area contributed by atoms with Crippen LogP contribution in [0.2, 0.25) is 0 Å². The average molecular weight is 267 g/mol. The molecule has 0 radical (unpaired) electrons. The Hall–Kier alpha value is -1.00. The first kappa shape index (κ1) is 9.55. The van der Waals surface area contributed by atoms with Crippen molar-refractivity contribution in [2.45, 2.75) is 0 Å². The van der Waals surface area contributed by atoms with Crippen LogP contribution in [0.1, 0.15) is 0 Å². The fraction of sp³-hybridized carbons (Fsp3) is 0. The van der Waals surface area contributed by atoms with Crippen LogP contribution in [0.25, 0.3) is 11.3 Å². The molecule has 0 spiro atoms. The second-order valence-electron chi connectivity index (χ2n) is 2.76. The number of hydrogen-bond acceptors (Lipinski definition) is 2. The third-order valence-corrected chi connectivity index (χ3v) is 3.20. The van der Waals surface area contributed by atoms with Crippen molar-refractivity contribution in [3.8, 4) is 11.3 Å². The summed E-state index contributed by atoms with van der Waals surface area (Å²) in [6, 6.07) is 9.99. The van der Waals surface area contributed by atoms with Crippen LogP contribution in [0.4, 0.5) is 0 Å². The van der Waals surface area contributed by atoms with E-state index >= 15 is 0 Å². The fourth-order valence-corrected chi connectivity index (χ4v) is 1.80. The number of rotatable bonds is 1. The van der Waals surface area contributed by atoms with Gasteiger partial charge in [0.2, 0.25) is 0 Å². The third kappa shape index (κ3) is 1.76. The first-order valence-electron chi connectivity index (χ1n) is 4.07. The highest BCUT2D eigenvalue weighted by atomic mass is 79.9. The summed E-state index contributed by atoms with van der Waals surface area (Å²) >= 11 is 8.48. The number of nitrogens with zero attached hydrogens (tertiary/aromatic N) is 1. The Balaban J connectivity index is 2.64. The highest BCUT2D eigenvalue weighted by molar-refractivity contribution is 9.10. The molecule has 0 saturated heterocycles. The van der Waals surface area contributed by atoms with Crippen LogP contribution in [0.15, 0.2) is 41.1 Å². The molecule has 0 aliphatic heterocycles. The van der Waals surface area contributed by atoms with Gasteiger partial charge in [0.15, 0.2) is 0 Å². The van der Waals surface area contributed by atoms with E-state index in [2.05, 4.69) is 25.9 Å². The van der Waals surface area contributed by atoms with Crippen LogP contribution in [-0.4, -0.2) is 9.97 Å². The molecule has 1 aromatic carbocycles. The summed E-state index contributed by atoms with van der Waals surface area (Å²) in [6.45, 7) is 0. The molecule has 1 N–H and O–H groups in total. The molecule has 14 heavy (non-hydrogen) atoms. The highest BCUT2D eigenvalue weighted by Gasteiger charge is 2.03. The second kappa shape index (κ2) is 4.02. The van der Waals surface area contributed by atoms with Crippen molar-refractivity contribution in [2.75, 3.05) is 0 Å². The molecule has 2 rings (SSSR count). The van der Waals surface area contributed by atoms with Crippen LogP contribution in [0, 0.1) is 4.64 Å². The molecule has 0 saturated carbocycles. The molecule has 0 atom stereocenters. The monoisotopic (exact) mass is 266 g/mol. The Morgan fingerprint density at radius 3 is 2.64 bits per heavy atom. The van der Waals surface area contributed by atoms with Gasteiger partial charge in [0.1, 0.15) is 4.64 Å². The van der Waals surface area contributed by atoms with Crippen molar-refractivity contribution in [3.05, 3.63) is 45.8 Å². The molecule has 4 heteroatoms. The summed E-state index contributed by atoms with van der Waals surface area (Å²) in [6.07, 6.45) is 1.61. The lowest BCUT2D eigenvalue weighted by molar-refractivity contribution is 1.14. The van der Waals surface area contributed by atoms with Crippen molar-refractivity contribution in [2.24, 2.45) is 0 Å². The predicted molar refractivity (Wildman–Crippen MR) is 62.6 cm³/mol. The van der Waals surface area contributed by atoms with E-state index in [1.54, 1.807) is 6.33 Å². The zero-order valence-corrected chi connectivity index (χ0v) is 9.60. The number of aromatic amines is 1. The minimum Gasteiger partial charge on any atom is -0.345 e. The first-order chi connectivity index (χ1) is 6.79. The van der Waals surface area contributed by atoms with Gasteiger partial charge in [-0.2, -0.15) is 0 Å². The molecule has 0 aliphatic rings. The van der Waals surface area contributed by atoms with Crippen LogP contribution in [0.5, 0.6) is 0 Å². The maximum Gasteiger partial charge on any atom is 0.144 e. The molecule has 0 aliphatic carbocycles. The number of hydrogen-bond donors (Lipinski definition) is 1. The molecule has 2 aromatic rings. The maximum atomic E-state index is 5.06. The minimum absolute atomic E-state index is 0.572. The highest BCUT2D eigenvalue weighted by Crippen LogP contribution is 2.25. The Labute approximate surface area is 95.2 Å². The molecule has 0 amide bonds. The molecule has 0 bridgehead atoms. The molecule has 1 heterocycles. The zero-order chi connectivity index (χ0) is 9.97. The zero-order valence-electron chi connectivity index (χ0n) is 7.20. The molecule has 0 unspecified atom stereocenters. The van der Waals surface area contributed by atoms with Crippen LogP contribution >= 0.6 is 28.1 Å². The number of halogens is 1. The number of benzene rings is 1. The van der Waals surface area contributed by atoms with Gasteiger partial charge in [-0.05, 0) is 21.5 Å². The predicted octanol–water partition coefficient (Wildman–Crippen LogP) is 3.57. The van der Waals surface area contributed by atoms with E-state index in [9.17, 15) is 0 Å². The number of nitrogens with one attached hydrogen (secondary N) is 1. The van der Waals surface area contributed by atoms with Gasteiger partial charge in [-0.1, -0.05) is 42.5 Å². The Kier molecular flexibility index (Phi) is 2.74. The largest absolute Gasteiger partial charge is 0.345 e. The quantitative estimate of drug-likeness (QED) is 0.800. The fourth-order valence-electron chi connectivity index (χ4n) is 1.20. The lowest BCUT2D eigenvalue weighted by Gasteiger charge is -2.03. The topological polar surface area (TPSA) is 28.7 Å². The second-order valence-corrected chi connectivity index (χ2v) is 3.94.